The molecule has 3 fully saturated rings. The van der Waals surface area contributed by atoms with Crippen LogP contribution >= 0.6 is 0 Å². The van der Waals surface area contributed by atoms with Gasteiger partial charge in [-0.15, -0.1) is 3.89 Å². The average molecular weight is 362 g/mol. The highest BCUT2D eigenvalue weighted by Gasteiger charge is 2.43. The molecule has 1 unspecified atom stereocenters. The van der Waals surface area contributed by atoms with Crippen molar-refractivity contribution >= 4 is 16.1 Å². The van der Waals surface area contributed by atoms with Crippen LogP contribution in [-0.4, -0.2) is 74.8 Å². The van der Waals surface area contributed by atoms with Gasteiger partial charge in [0.25, 0.3) is 0 Å². The summed E-state index contributed by atoms with van der Waals surface area (Å²) < 4.78 is 40.2. The number of morpholine rings is 1. The molecule has 3 aliphatic rings. The molecule has 0 N–H and O–H groups in total. The predicted molar refractivity (Wildman–Crippen MR) is 87.8 cm³/mol. The number of carbonyl (C=O) groups is 1. The highest BCUT2D eigenvalue weighted by atomic mass is 32.3. The van der Waals surface area contributed by atoms with Gasteiger partial charge in [-0.1, -0.05) is 19.3 Å². The molecule has 8 heteroatoms. The maximum atomic E-state index is 12.9. The summed E-state index contributed by atoms with van der Waals surface area (Å²) in [6.07, 6.45) is 5.79. The molecule has 1 saturated carbocycles. The standard InChI is InChI=1S/C16H27FN2O4S/c17-24(21,22)12-14-10-15(20)18(11-14)13-16(4-2-1-3-5-16)19-6-8-23-9-7-19/h14H,1-13H2. The minimum atomic E-state index is -4.53. The molecule has 1 aliphatic carbocycles. The van der Waals surface area contributed by atoms with E-state index in [1.54, 1.807) is 4.90 Å². The molecule has 0 aromatic heterocycles. The van der Waals surface area contributed by atoms with Gasteiger partial charge in [-0.05, 0) is 12.8 Å². The SMILES string of the molecule is O=C1CC(CS(=O)(=O)F)CN1CC1(N2CCOCC2)CCCCC1. The molecule has 6 nitrogen and oxygen atoms in total. The maximum absolute atomic E-state index is 12.9. The third-order valence-electron chi connectivity index (χ3n) is 5.68. The van der Waals surface area contributed by atoms with E-state index in [2.05, 4.69) is 4.90 Å². The molecule has 2 saturated heterocycles. The number of nitrogens with zero attached hydrogens (tertiary/aromatic N) is 2. The van der Waals surface area contributed by atoms with E-state index >= 15 is 0 Å². The Morgan fingerprint density at radius 1 is 1.17 bits per heavy atom. The van der Waals surface area contributed by atoms with Gasteiger partial charge >= 0.3 is 10.2 Å². The van der Waals surface area contributed by atoms with Crippen LogP contribution in [0.2, 0.25) is 0 Å². The fraction of sp³-hybridized carbons (Fsp3) is 0.938. The molecule has 138 valence electrons. The van der Waals surface area contributed by atoms with E-state index < -0.39 is 21.9 Å². The highest BCUT2D eigenvalue weighted by molar-refractivity contribution is 7.86. The number of ether oxygens (including phenoxy) is 1. The second kappa shape index (κ2) is 7.25. The van der Waals surface area contributed by atoms with E-state index in [9.17, 15) is 17.1 Å². The summed E-state index contributed by atoms with van der Waals surface area (Å²) in [5, 5.41) is 0. The second-order valence-electron chi connectivity index (χ2n) is 7.43. The molecule has 1 amide bonds. The molecule has 2 aliphatic heterocycles. The Labute approximate surface area is 143 Å². The number of likely N-dealkylation sites (tertiary alicyclic amines) is 1. The van der Waals surface area contributed by atoms with Crippen molar-refractivity contribution in [3.05, 3.63) is 0 Å². The monoisotopic (exact) mass is 362 g/mol. The fourth-order valence-electron chi connectivity index (χ4n) is 4.58. The van der Waals surface area contributed by atoms with Gasteiger partial charge in [0.2, 0.25) is 5.91 Å². The van der Waals surface area contributed by atoms with Crippen molar-refractivity contribution in [3.8, 4) is 0 Å². The Hall–Kier alpha value is -0.730. The van der Waals surface area contributed by atoms with Gasteiger partial charge in [0.05, 0.1) is 19.0 Å². The number of hydrogen-bond donors (Lipinski definition) is 0. The van der Waals surface area contributed by atoms with E-state index in [0.29, 0.717) is 13.1 Å². The van der Waals surface area contributed by atoms with Crippen LogP contribution in [-0.2, 0) is 19.8 Å². The lowest BCUT2D eigenvalue weighted by atomic mass is 9.79. The van der Waals surface area contributed by atoms with Crippen molar-refractivity contribution in [2.45, 2.75) is 44.1 Å². The smallest absolute Gasteiger partial charge is 0.302 e. The van der Waals surface area contributed by atoms with Crippen molar-refractivity contribution in [1.29, 1.82) is 0 Å². The fourth-order valence-corrected chi connectivity index (χ4v) is 5.36. The van der Waals surface area contributed by atoms with Crippen LogP contribution in [0.15, 0.2) is 0 Å². The molecular formula is C16H27FN2O4S. The molecule has 1 atom stereocenters. The zero-order valence-corrected chi connectivity index (χ0v) is 14.9. The number of amides is 1. The summed E-state index contributed by atoms with van der Waals surface area (Å²) in [5.41, 5.74) is -0.0266. The molecule has 0 bridgehead atoms. The first-order valence-corrected chi connectivity index (χ1v) is 10.5. The van der Waals surface area contributed by atoms with Gasteiger partial charge in [-0.2, -0.15) is 8.42 Å². The first-order valence-electron chi connectivity index (χ1n) is 8.91. The molecule has 0 aromatic carbocycles. The molecule has 2 heterocycles. The first kappa shape index (κ1) is 18.1. The van der Waals surface area contributed by atoms with Crippen molar-refractivity contribution in [1.82, 2.24) is 9.80 Å². The van der Waals surface area contributed by atoms with E-state index in [-0.39, 0.29) is 17.9 Å². The minimum absolute atomic E-state index is 0.0266. The lowest BCUT2D eigenvalue weighted by Gasteiger charge is -2.49. The Bertz CT molecular complexity index is 556. The van der Waals surface area contributed by atoms with Crippen LogP contribution < -0.4 is 0 Å². The Morgan fingerprint density at radius 2 is 1.83 bits per heavy atom. The third kappa shape index (κ3) is 4.26. The van der Waals surface area contributed by atoms with E-state index in [4.69, 9.17) is 4.74 Å². The molecule has 0 aromatic rings. The van der Waals surface area contributed by atoms with Crippen LogP contribution in [0.4, 0.5) is 3.89 Å². The molecular weight excluding hydrogens is 335 g/mol. The van der Waals surface area contributed by atoms with Gasteiger partial charge in [-0.25, -0.2) is 0 Å². The summed E-state index contributed by atoms with van der Waals surface area (Å²) in [6.45, 7) is 4.19. The van der Waals surface area contributed by atoms with Crippen LogP contribution in [0.25, 0.3) is 0 Å². The van der Waals surface area contributed by atoms with Gasteiger partial charge < -0.3 is 9.64 Å². The van der Waals surface area contributed by atoms with Crippen LogP contribution in [0, 0.1) is 5.92 Å². The van der Waals surface area contributed by atoms with Crippen molar-refractivity contribution in [2.24, 2.45) is 5.92 Å². The van der Waals surface area contributed by atoms with Crippen molar-refractivity contribution in [2.75, 3.05) is 45.1 Å². The van der Waals surface area contributed by atoms with Gasteiger partial charge in [-0.3, -0.25) is 9.69 Å². The van der Waals surface area contributed by atoms with E-state index in [1.165, 1.54) is 6.42 Å². The van der Waals surface area contributed by atoms with Crippen LogP contribution in [0.1, 0.15) is 38.5 Å². The molecule has 3 rings (SSSR count). The van der Waals surface area contributed by atoms with Gasteiger partial charge in [0.15, 0.2) is 0 Å². The average Bonchev–Trinajstić information content (AvgIpc) is 2.86. The number of carbonyl (C=O) groups excluding carboxylic acids is 1. The largest absolute Gasteiger partial charge is 0.379 e. The van der Waals surface area contributed by atoms with E-state index in [0.717, 1.165) is 52.0 Å². The number of halogens is 1. The minimum Gasteiger partial charge on any atom is -0.379 e. The highest BCUT2D eigenvalue weighted by Crippen LogP contribution is 2.36. The summed E-state index contributed by atoms with van der Waals surface area (Å²) in [6, 6.07) is 0. The van der Waals surface area contributed by atoms with Crippen LogP contribution in [0.3, 0.4) is 0 Å². The van der Waals surface area contributed by atoms with Gasteiger partial charge in [0.1, 0.15) is 0 Å². The quantitative estimate of drug-likeness (QED) is 0.687. The zero-order valence-electron chi connectivity index (χ0n) is 14.1. The normalized spacial score (nSPS) is 29.1. The number of hydrogen-bond acceptors (Lipinski definition) is 5. The molecule has 0 spiro atoms. The lowest BCUT2D eigenvalue weighted by Crippen LogP contribution is -2.59. The lowest BCUT2D eigenvalue weighted by molar-refractivity contribution is -0.131. The Kier molecular flexibility index (Phi) is 5.46. The topological polar surface area (TPSA) is 66.9 Å². The van der Waals surface area contributed by atoms with E-state index in [1.807, 2.05) is 0 Å². The third-order valence-corrected chi connectivity index (χ3v) is 6.55. The summed E-state index contributed by atoms with van der Waals surface area (Å²) in [7, 11) is -4.53. The number of rotatable bonds is 5. The summed E-state index contributed by atoms with van der Waals surface area (Å²) in [5.74, 6) is -1.00. The maximum Gasteiger partial charge on any atom is 0.302 e. The Morgan fingerprint density at radius 3 is 2.46 bits per heavy atom. The molecule has 0 radical (unpaired) electrons. The van der Waals surface area contributed by atoms with Crippen molar-refractivity contribution in [3.63, 3.8) is 0 Å². The molecule has 24 heavy (non-hydrogen) atoms. The first-order chi connectivity index (χ1) is 11.4. The zero-order chi connectivity index (χ0) is 17.2. The van der Waals surface area contributed by atoms with Gasteiger partial charge in [0, 0.05) is 44.1 Å². The summed E-state index contributed by atoms with van der Waals surface area (Å²) in [4.78, 5) is 16.6. The second-order valence-corrected chi connectivity index (χ2v) is 8.85. The Balaban J connectivity index is 1.69. The predicted octanol–water partition coefficient (Wildman–Crippen LogP) is 1.17. The van der Waals surface area contributed by atoms with Crippen molar-refractivity contribution < 1.29 is 21.8 Å². The summed E-state index contributed by atoms with van der Waals surface area (Å²) >= 11 is 0. The van der Waals surface area contributed by atoms with Crippen LogP contribution in [0.5, 0.6) is 0 Å².